The molecule has 0 aliphatic heterocycles. The number of hydrogen-bond acceptors (Lipinski definition) is 6. The van der Waals surface area contributed by atoms with E-state index in [1.165, 1.54) is 19.3 Å². The van der Waals surface area contributed by atoms with Crippen LogP contribution in [0.3, 0.4) is 0 Å². The van der Waals surface area contributed by atoms with Gasteiger partial charge < -0.3 is 18.9 Å². The monoisotopic (exact) mass is 400 g/mol. The molecule has 0 aliphatic rings. The first-order chi connectivity index (χ1) is 14.0. The summed E-state index contributed by atoms with van der Waals surface area (Å²) in [7, 11) is 4.57. The predicted molar refractivity (Wildman–Crippen MR) is 108 cm³/mol. The molecule has 8 nitrogen and oxygen atoms in total. The molecule has 0 saturated carbocycles. The van der Waals surface area contributed by atoms with E-state index >= 15 is 0 Å². The molecular weight excluding hydrogens is 376 g/mol. The molecule has 0 aliphatic carbocycles. The lowest BCUT2D eigenvalue weighted by Gasteiger charge is -2.11. The molecule has 0 atom stereocenters. The Balaban J connectivity index is 1.98. The molecule has 2 N–H and O–H groups in total. The maximum absolute atomic E-state index is 12.2. The number of carbonyl (C=O) groups is 2. The molecule has 0 unspecified atom stereocenters. The second-order valence-corrected chi connectivity index (χ2v) is 5.72. The molecule has 2 aromatic carbocycles. The molecule has 0 saturated heterocycles. The van der Waals surface area contributed by atoms with E-state index < -0.39 is 11.8 Å². The number of hydrazine groups is 1. The van der Waals surface area contributed by atoms with Crippen molar-refractivity contribution in [2.45, 2.75) is 6.92 Å². The van der Waals surface area contributed by atoms with Crippen LogP contribution in [0.2, 0.25) is 0 Å². The zero-order chi connectivity index (χ0) is 21.2. The number of nitrogens with one attached hydrogen (secondary N) is 2. The van der Waals surface area contributed by atoms with E-state index in [1.54, 1.807) is 50.6 Å². The van der Waals surface area contributed by atoms with E-state index in [1.807, 2.05) is 6.92 Å². The number of carbonyl (C=O) groups excluding carboxylic acids is 2. The largest absolute Gasteiger partial charge is 0.497 e. The van der Waals surface area contributed by atoms with Gasteiger partial charge in [0, 0.05) is 17.7 Å². The average molecular weight is 400 g/mol. The smallest absolute Gasteiger partial charge is 0.269 e. The minimum absolute atomic E-state index is 0.312. The Labute approximate surface area is 169 Å². The van der Waals surface area contributed by atoms with Gasteiger partial charge in [-0.05, 0) is 48.9 Å². The SMILES string of the molecule is CCOc1ccc(C(=O)NNC(=O)/C=C/c2cc(OC)cc(OC)c2)cc1OC. The summed E-state index contributed by atoms with van der Waals surface area (Å²) in [5.41, 5.74) is 5.69. The van der Waals surface area contributed by atoms with Gasteiger partial charge in [0.1, 0.15) is 11.5 Å². The van der Waals surface area contributed by atoms with Crippen molar-refractivity contribution in [2.75, 3.05) is 27.9 Å². The fraction of sp³-hybridized carbons (Fsp3) is 0.238. The Kier molecular flexibility index (Phi) is 7.90. The lowest BCUT2D eigenvalue weighted by atomic mass is 10.2. The minimum atomic E-state index is -0.502. The second-order valence-electron chi connectivity index (χ2n) is 5.72. The van der Waals surface area contributed by atoms with Crippen LogP contribution in [0.4, 0.5) is 0 Å². The van der Waals surface area contributed by atoms with E-state index in [0.717, 1.165) is 0 Å². The van der Waals surface area contributed by atoms with Gasteiger partial charge >= 0.3 is 0 Å². The predicted octanol–water partition coefficient (Wildman–Crippen LogP) is 2.59. The van der Waals surface area contributed by atoms with Crippen molar-refractivity contribution in [3.63, 3.8) is 0 Å². The van der Waals surface area contributed by atoms with Gasteiger partial charge in [-0.15, -0.1) is 0 Å². The number of ether oxygens (including phenoxy) is 4. The summed E-state index contributed by atoms with van der Waals surface area (Å²) in [6.45, 7) is 2.33. The summed E-state index contributed by atoms with van der Waals surface area (Å²) in [6, 6.07) is 9.96. The van der Waals surface area contributed by atoms with Crippen LogP contribution in [-0.2, 0) is 4.79 Å². The number of amides is 2. The highest BCUT2D eigenvalue weighted by atomic mass is 16.5. The van der Waals surface area contributed by atoms with Gasteiger partial charge in [0.15, 0.2) is 11.5 Å². The van der Waals surface area contributed by atoms with Crippen LogP contribution in [-0.4, -0.2) is 39.8 Å². The summed E-state index contributed by atoms with van der Waals surface area (Å²) in [5, 5.41) is 0. The third kappa shape index (κ3) is 6.17. The van der Waals surface area contributed by atoms with Gasteiger partial charge in [0.25, 0.3) is 11.8 Å². The van der Waals surface area contributed by atoms with Gasteiger partial charge in [-0.1, -0.05) is 0 Å². The third-order valence-electron chi connectivity index (χ3n) is 3.83. The van der Waals surface area contributed by atoms with Gasteiger partial charge in [0.2, 0.25) is 0 Å². The van der Waals surface area contributed by atoms with Crippen molar-refractivity contribution >= 4 is 17.9 Å². The highest BCUT2D eigenvalue weighted by Gasteiger charge is 2.11. The second kappa shape index (κ2) is 10.6. The molecule has 29 heavy (non-hydrogen) atoms. The summed E-state index contributed by atoms with van der Waals surface area (Å²) >= 11 is 0. The number of methoxy groups -OCH3 is 3. The summed E-state index contributed by atoms with van der Waals surface area (Å²) in [6.07, 6.45) is 2.86. The standard InChI is InChI=1S/C21H24N2O6/c1-5-29-18-8-7-15(12-19(18)28-4)21(25)23-22-20(24)9-6-14-10-16(26-2)13-17(11-14)27-3/h6-13H,5H2,1-4H3,(H,22,24)(H,23,25)/b9-6+. The topological polar surface area (TPSA) is 95.1 Å². The fourth-order valence-corrected chi connectivity index (χ4v) is 2.41. The molecule has 2 amide bonds. The number of hydrogen-bond donors (Lipinski definition) is 2. The Hall–Kier alpha value is -3.68. The van der Waals surface area contributed by atoms with Crippen LogP contribution in [0, 0.1) is 0 Å². The Morgan fingerprint density at radius 3 is 2.17 bits per heavy atom. The molecule has 0 radical (unpaired) electrons. The first-order valence-corrected chi connectivity index (χ1v) is 8.83. The molecule has 0 bridgehead atoms. The van der Waals surface area contributed by atoms with Gasteiger partial charge in [-0.25, -0.2) is 0 Å². The number of benzene rings is 2. The molecule has 0 spiro atoms. The third-order valence-corrected chi connectivity index (χ3v) is 3.83. The highest BCUT2D eigenvalue weighted by Crippen LogP contribution is 2.28. The first-order valence-electron chi connectivity index (χ1n) is 8.83. The fourth-order valence-electron chi connectivity index (χ4n) is 2.41. The molecule has 154 valence electrons. The normalized spacial score (nSPS) is 10.3. The average Bonchev–Trinajstić information content (AvgIpc) is 2.76. The van der Waals surface area contributed by atoms with E-state index in [-0.39, 0.29) is 0 Å². The molecule has 0 heterocycles. The number of rotatable bonds is 8. The van der Waals surface area contributed by atoms with Crippen molar-refractivity contribution in [1.82, 2.24) is 10.9 Å². The lowest BCUT2D eigenvalue weighted by Crippen LogP contribution is -2.40. The zero-order valence-electron chi connectivity index (χ0n) is 16.8. The summed E-state index contributed by atoms with van der Waals surface area (Å²) < 4.78 is 21.0. The molecule has 8 heteroatoms. The quantitative estimate of drug-likeness (QED) is 0.522. The van der Waals surface area contributed by atoms with Crippen LogP contribution in [0.5, 0.6) is 23.0 Å². The highest BCUT2D eigenvalue weighted by molar-refractivity contribution is 5.98. The Morgan fingerprint density at radius 2 is 1.59 bits per heavy atom. The van der Waals surface area contributed by atoms with Crippen molar-refractivity contribution in [2.24, 2.45) is 0 Å². The van der Waals surface area contributed by atoms with Crippen LogP contribution in [0.25, 0.3) is 6.08 Å². The van der Waals surface area contributed by atoms with Gasteiger partial charge in [-0.2, -0.15) is 0 Å². The Morgan fingerprint density at radius 1 is 0.897 bits per heavy atom. The maximum Gasteiger partial charge on any atom is 0.269 e. The molecule has 2 rings (SSSR count). The van der Waals surface area contributed by atoms with Crippen molar-refractivity contribution in [3.05, 3.63) is 53.6 Å². The Bertz CT molecular complexity index is 872. The van der Waals surface area contributed by atoms with E-state index in [4.69, 9.17) is 18.9 Å². The van der Waals surface area contributed by atoms with Crippen molar-refractivity contribution in [1.29, 1.82) is 0 Å². The van der Waals surface area contributed by atoms with Gasteiger partial charge in [-0.3, -0.25) is 20.4 Å². The minimum Gasteiger partial charge on any atom is -0.497 e. The molecule has 0 fully saturated rings. The first kappa shape index (κ1) is 21.6. The van der Waals surface area contributed by atoms with Crippen LogP contribution >= 0.6 is 0 Å². The van der Waals surface area contributed by atoms with Crippen molar-refractivity contribution in [3.8, 4) is 23.0 Å². The molecule has 0 aromatic heterocycles. The van der Waals surface area contributed by atoms with Crippen LogP contribution in [0.15, 0.2) is 42.5 Å². The van der Waals surface area contributed by atoms with Crippen LogP contribution < -0.4 is 29.8 Å². The summed E-state index contributed by atoms with van der Waals surface area (Å²) in [4.78, 5) is 24.3. The zero-order valence-corrected chi connectivity index (χ0v) is 16.8. The molecule has 2 aromatic rings. The van der Waals surface area contributed by atoms with E-state index in [9.17, 15) is 9.59 Å². The van der Waals surface area contributed by atoms with E-state index in [0.29, 0.717) is 40.7 Å². The summed E-state index contributed by atoms with van der Waals surface area (Å²) in [5.74, 6) is 1.17. The van der Waals surface area contributed by atoms with Gasteiger partial charge in [0.05, 0.1) is 27.9 Å². The molecular formula is C21H24N2O6. The van der Waals surface area contributed by atoms with E-state index in [2.05, 4.69) is 10.9 Å². The van der Waals surface area contributed by atoms with Crippen molar-refractivity contribution < 1.29 is 28.5 Å². The van der Waals surface area contributed by atoms with Crippen LogP contribution in [0.1, 0.15) is 22.8 Å². The lowest BCUT2D eigenvalue weighted by molar-refractivity contribution is -0.117. The maximum atomic E-state index is 12.2.